The Kier molecular flexibility index (Phi) is 8.73. The second-order valence-electron chi connectivity index (χ2n) is 4.82. The minimum Gasteiger partial charge on any atom is -0.392 e. The molecule has 0 rings (SSSR count). The number of rotatable bonds is 8. The van der Waals surface area contributed by atoms with Crippen molar-refractivity contribution in [3.8, 4) is 0 Å². The Morgan fingerprint density at radius 1 is 1.00 bits per heavy atom. The average molecular weight is 214 g/mol. The first-order valence-electron chi connectivity index (χ1n) is 5.96. The van der Waals surface area contributed by atoms with Crippen molar-refractivity contribution in [3.05, 3.63) is 12.2 Å². The van der Waals surface area contributed by atoms with Gasteiger partial charge >= 0.3 is 0 Å². The average Bonchev–Trinajstić information content (AvgIpc) is 2.14. The topological polar surface area (TPSA) is 29.5 Å². The highest BCUT2D eigenvalue weighted by Gasteiger charge is 2.08. The van der Waals surface area contributed by atoms with Crippen LogP contribution in [-0.2, 0) is 4.74 Å². The summed E-state index contributed by atoms with van der Waals surface area (Å²) in [7, 11) is 0. The van der Waals surface area contributed by atoms with E-state index in [0.29, 0.717) is 0 Å². The number of allylic oxidation sites excluding steroid dienone is 1. The van der Waals surface area contributed by atoms with E-state index in [1.165, 1.54) is 19.3 Å². The lowest BCUT2D eigenvalue weighted by molar-refractivity contribution is -0.00473. The van der Waals surface area contributed by atoms with Crippen molar-refractivity contribution in [2.45, 2.75) is 58.5 Å². The molecule has 15 heavy (non-hydrogen) atoms. The molecular formula is C13H26O2. The molecule has 0 aromatic rings. The fourth-order valence-electron chi connectivity index (χ4n) is 1.29. The summed E-state index contributed by atoms with van der Waals surface area (Å²) < 4.78 is 5.63. The highest BCUT2D eigenvalue weighted by molar-refractivity contribution is 4.80. The summed E-state index contributed by atoms with van der Waals surface area (Å²) >= 11 is 0. The number of unbranched alkanes of at least 4 members (excludes halogenated alkanes) is 4. The van der Waals surface area contributed by atoms with Gasteiger partial charge in [-0.3, -0.25) is 0 Å². The Morgan fingerprint density at radius 2 is 1.67 bits per heavy atom. The van der Waals surface area contributed by atoms with Crippen molar-refractivity contribution < 1.29 is 9.84 Å². The standard InChI is InChI=1S/C13H26O2/c1-13(2,3)15-12-10-8-6-4-5-7-9-11-14/h7,9,14H,4-6,8,10-12H2,1-3H3/b9-7-. The number of aliphatic hydroxyl groups is 1. The Balaban J connectivity index is 3.09. The lowest BCUT2D eigenvalue weighted by Gasteiger charge is -2.19. The molecule has 0 aromatic heterocycles. The quantitative estimate of drug-likeness (QED) is 0.496. The van der Waals surface area contributed by atoms with Crippen molar-refractivity contribution >= 4 is 0 Å². The number of aliphatic hydroxyl groups excluding tert-OH is 1. The van der Waals surface area contributed by atoms with Crippen molar-refractivity contribution in [1.82, 2.24) is 0 Å². The van der Waals surface area contributed by atoms with Crippen LogP contribution in [0.15, 0.2) is 12.2 Å². The van der Waals surface area contributed by atoms with Gasteiger partial charge < -0.3 is 9.84 Å². The molecule has 0 bridgehead atoms. The second kappa shape index (κ2) is 8.93. The minimum absolute atomic E-state index is 0.00383. The van der Waals surface area contributed by atoms with Crippen LogP contribution in [-0.4, -0.2) is 23.9 Å². The van der Waals surface area contributed by atoms with Crippen LogP contribution in [0.25, 0.3) is 0 Å². The monoisotopic (exact) mass is 214 g/mol. The highest BCUT2D eigenvalue weighted by Crippen LogP contribution is 2.09. The summed E-state index contributed by atoms with van der Waals surface area (Å²) in [5.74, 6) is 0. The molecule has 0 saturated carbocycles. The maximum absolute atomic E-state index is 8.51. The third-order valence-corrected chi connectivity index (χ3v) is 2.07. The van der Waals surface area contributed by atoms with Crippen LogP contribution < -0.4 is 0 Å². The summed E-state index contributed by atoms with van der Waals surface area (Å²) in [4.78, 5) is 0. The van der Waals surface area contributed by atoms with Crippen molar-refractivity contribution in [2.24, 2.45) is 0 Å². The van der Waals surface area contributed by atoms with Gasteiger partial charge in [-0.1, -0.05) is 25.0 Å². The largest absolute Gasteiger partial charge is 0.392 e. The van der Waals surface area contributed by atoms with E-state index >= 15 is 0 Å². The SMILES string of the molecule is CC(C)(C)OCCCCCC/C=C\CO. The first-order chi connectivity index (χ1) is 7.06. The van der Waals surface area contributed by atoms with Crippen molar-refractivity contribution in [2.75, 3.05) is 13.2 Å². The first kappa shape index (κ1) is 14.7. The Morgan fingerprint density at radius 3 is 2.27 bits per heavy atom. The number of hydrogen-bond donors (Lipinski definition) is 1. The lowest BCUT2D eigenvalue weighted by atomic mass is 10.1. The van der Waals surface area contributed by atoms with Crippen LogP contribution in [0.2, 0.25) is 0 Å². The molecule has 0 amide bonds. The molecule has 0 aromatic carbocycles. The molecule has 0 unspecified atom stereocenters. The zero-order valence-corrected chi connectivity index (χ0v) is 10.5. The number of ether oxygens (including phenoxy) is 1. The Labute approximate surface area is 94.3 Å². The van der Waals surface area contributed by atoms with Gasteiger partial charge in [0, 0.05) is 6.61 Å². The zero-order valence-electron chi connectivity index (χ0n) is 10.5. The van der Waals surface area contributed by atoms with E-state index in [1.54, 1.807) is 0 Å². The van der Waals surface area contributed by atoms with E-state index in [1.807, 2.05) is 12.2 Å². The maximum Gasteiger partial charge on any atom is 0.0612 e. The molecular weight excluding hydrogens is 188 g/mol. The lowest BCUT2D eigenvalue weighted by Crippen LogP contribution is -2.19. The van der Waals surface area contributed by atoms with Gasteiger partial charge in [0.15, 0.2) is 0 Å². The normalized spacial score (nSPS) is 12.5. The molecule has 0 aliphatic rings. The molecule has 0 fully saturated rings. The van der Waals surface area contributed by atoms with Crippen LogP contribution in [0.3, 0.4) is 0 Å². The van der Waals surface area contributed by atoms with Gasteiger partial charge in [-0.25, -0.2) is 0 Å². The molecule has 1 N–H and O–H groups in total. The van der Waals surface area contributed by atoms with E-state index in [9.17, 15) is 0 Å². The first-order valence-corrected chi connectivity index (χ1v) is 5.96. The van der Waals surface area contributed by atoms with E-state index in [4.69, 9.17) is 9.84 Å². The fraction of sp³-hybridized carbons (Fsp3) is 0.846. The van der Waals surface area contributed by atoms with Gasteiger partial charge in [-0.15, -0.1) is 0 Å². The second-order valence-corrected chi connectivity index (χ2v) is 4.82. The maximum atomic E-state index is 8.51. The van der Waals surface area contributed by atoms with E-state index in [-0.39, 0.29) is 12.2 Å². The van der Waals surface area contributed by atoms with E-state index in [2.05, 4.69) is 20.8 Å². The molecule has 0 aliphatic heterocycles. The summed E-state index contributed by atoms with van der Waals surface area (Å²) in [5.41, 5.74) is 0.00383. The van der Waals surface area contributed by atoms with Crippen LogP contribution in [0.5, 0.6) is 0 Å². The Bertz CT molecular complexity index is 156. The van der Waals surface area contributed by atoms with Crippen LogP contribution in [0.4, 0.5) is 0 Å². The number of hydrogen-bond acceptors (Lipinski definition) is 2. The molecule has 0 saturated heterocycles. The molecule has 0 spiro atoms. The van der Waals surface area contributed by atoms with Gasteiger partial charge in [0.1, 0.15) is 0 Å². The summed E-state index contributed by atoms with van der Waals surface area (Å²) in [5, 5.41) is 8.51. The van der Waals surface area contributed by atoms with Gasteiger partial charge in [-0.2, -0.15) is 0 Å². The predicted molar refractivity (Wildman–Crippen MR) is 65.0 cm³/mol. The van der Waals surface area contributed by atoms with Crippen LogP contribution in [0.1, 0.15) is 52.9 Å². The van der Waals surface area contributed by atoms with Gasteiger partial charge in [-0.05, 0) is 40.0 Å². The molecule has 2 heteroatoms. The smallest absolute Gasteiger partial charge is 0.0612 e. The molecule has 90 valence electrons. The molecule has 0 radical (unpaired) electrons. The van der Waals surface area contributed by atoms with Crippen molar-refractivity contribution in [1.29, 1.82) is 0 Å². The fourth-order valence-corrected chi connectivity index (χ4v) is 1.29. The van der Waals surface area contributed by atoms with Crippen LogP contribution >= 0.6 is 0 Å². The highest BCUT2D eigenvalue weighted by atomic mass is 16.5. The summed E-state index contributed by atoms with van der Waals surface area (Å²) in [6, 6.07) is 0. The molecule has 0 aliphatic carbocycles. The molecule has 2 nitrogen and oxygen atoms in total. The van der Waals surface area contributed by atoms with Crippen LogP contribution in [0, 0.1) is 0 Å². The third kappa shape index (κ3) is 13.7. The minimum atomic E-state index is 0.00383. The van der Waals surface area contributed by atoms with E-state index < -0.39 is 0 Å². The van der Waals surface area contributed by atoms with E-state index in [0.717, 1.165) is 19.4 Å². The third-order valence-electron chi connectivity index (χ3n) is 2.07. The van der Waals surface area contributed by atoms with Crippen molar-refractivity contribution in [3.63, 3.8) is 0 Å². The summed E-state index contributed by atoms with van der Waals surface area (Å²) in [6.07, 6.45) is 9.80. The van der Waals surface area contributed by atoms with Gasteiger partial charge in [0.25, 0.3) is 0 Å². The molecule has 0 heterocycles. The zero-order chi connectivity index (χ0) is 11.6. The Hall–Kier alpha value is -0.340. The summed E-state index contributed by atoms with van der Waals surface area (Å²) in [6.45, 7) is 7.31. The predicted octanol–water partition coefficient (Wildman–Crippen LogP) is 3.30. The van der Waals surface area contributed by atoms with Gasteiger partial charge in [0.05, 0.1) is 12.2 Å². The molecule has 0 atom stereocenters. The van der Waals surface area contributed by atoms with Gasteiger partial charge in [0.2, 0.25) is 0 Å².